The largest absolute Gasteiger partial charge is 0.478 e. The van der Waals surface area contributed by atoms with Crippen LogP contribution < -0.4 is 3.71 Å². The minimum Gasteiger partial charge on any atom is -0.478 e. The Kier molecular flexibility index (Phi) is 4.85. The van der Waals surface area contributed by atoms with Crippen LogP contribution in [-0.2, 0) is 20.0 Å². The van der Waals surface area contributed by atoms with E-state index in [1.165, 1.54) is 24.3 Å². The highest BCUT2D eigenvalue weighted by molar-refractivity contribution is 8.09. The van der Waals surface area contributed by atoms with E-state index in [2.05, 4.69) is 0 Å². The van der Waals surface area contributed by atoms with Gasteiger partial charge in [0.15, 0.2) is 0 Å². The SMILES string of the molecule is CS(=O)(=O)N(c1cc2oc(-c3ccc(F)cc3)c(C(=O)O)c2cc1C1CC1)S(C)(=O)=O. The van der Waals surface area contributed by atoms with Crippen molar-refractivity contribution in [3.8, 4) is 11.3 Å². The van der Waals surface area contributed by atoms with Crippen molar-refractivity contribution in [3.63, 3.8) is 0 Å². The van der Waals surface area contributed by atoms with Gasteiger partial charge in [-0.25, -0.2) is 26.0 Å². The van der Waals surface area contributed by atoms with E-state index >= 15 is 0 Å². The van der Waals surface area contributed by atoms with Crippen molar-refractivity contribution in [1.82, 2.24) is 0 Å². The molecule has 8 nitrogen and oxygen atoms in total. The van der Waals surface area contributed by atoms with E-state index in [0.717, 1.165) is 24.6 Å². The molecule has 1 aromatic heterocycles. The van der Waals surface area contributed by atoms with Gasteiger partial charge < -0.3 is 9.52 Å². The van der Waals surface area contributed by atoms with Crippen LogP contribution in [-0.4, -0.2) is 40.4 Å². The summed E-state index contributed by atoms with van der Waals surface area (Å²) in [6.07, 6.45) is 2.99. The smallest absolute Gasteiger partial charge is 0.340 e. The first-order chi connectivity index (χ1) is 14.4. The number of anilines is 1. The van der Waals surface area contributed by atoms with Gasteiger partial charge in [0, 0.05) is 17.0 Å². The third-order valence-corrected chi connectivity index (χ3v) is 8.20. The summed E-state index contributed by atoms with van der Waals surface area (Å²) in [6, 6.07) is 7.76. The zero-order valence-electron chi connectivity index (χ0n) is 16.5. The van der Waals surface area contributed by atoms with Crippen LogP contribution in [0.2, 0.25) is 0 Å². The lowest BCUT2D eigenvalue weighted by atomic mass is 10.0. The van der Waals surface area contributed by atoms with E-state index in [1.807, 2.05) is 0 Å². The number of furan rings is 1. The fraction of sp³-hybridized carbons (Fsp3) is 0.250. The van der Waals surface area contributed by atoms with Crippen LogP contribution in [0.25, 0.3) is 22.3 Å². The van der Waals surface area contributed by atoms with E-state index in [9.17, 15) is 31.1 Å². The molecule has 0 unspecified atom stereocenters. The molecule has 3 aromatic rings. The summed E-state index contributed by atoms with van der Waals surface area (Å²) in [6.45, 7) is 0. The van der Waals surface area contributed by atoms with Gasteiger partial charge in [0.2, 0.25) is 20.0 Å². The highest BCUT2D eigenvalue weighted by Gasteiger charge is 2.36. The molecule has 1 aliphatic rings. The van der Waals surface area contributed by atoms with Crippen LogP contribution >= 0.6 is 0 Å². The maximum atomic E-state index is 13.3. The number of hydrogen-bond acceptors (Lipinski definition) is 6. The van der Waals surface area contributed by atoms with E-state index in [-0.39, 0.29) is 33.9 Å². The van der Waals surface area contributed by atoms with Crippen LogP contribution in [0.1, 0.15) is 34.7 Å². The third kappa shape index (κ3) is 3.90. The molecule has 1 heterocycles. The van der Waals surface area contributed by atoms with E-state index in [4.69, 9.17) is 4.42 Å². The van der Waals surface area contributed by atoms with Crippen LogP contribution in [0.3, 0.4) is 0 Å². The predicted octanol–water partition coefficient (Wildman–Crippen LogP) is 3.54. The molecule has 1 saturated carbocycles. The molecule has 2 aromatic carbocycles. The highest BCUT2D eigenvalue weighted by Crippen LogP contribution is 2.48. The van der Waals surface area contributed by atoms with Gasteiger partial charge in [-0.15, -0.1) is 0 Å². The number of aromatic carboxylic acids is 1. The van der Waals surface area contributed by atoms with Gasteiger partial charge in [0.1, 0.15) is 22.7 Å². The van der Waals surface area contributed by atoms with Crippen LogP contribution in [0.5, 0.6) is 0 Å². The number of carboxylic acids is 1. The van der Waals surface area contributed by atoms with E-state index in [0.29, 0.717) is 27.7 Å². The quantitative estimate of drug-likeness (QED) is 0.588. The summed E-state index contributed by atoms with van der Waals surface area (Å²) in [5.41, 5.74) is 0.481. The molecule has 0 spiro atoms. The number of nitrogens with zero attached hydrogens (tertiary/aromatic N) is 1. The van der Waals surface area contributed by atoms with Crippen LogP contribution in [0.4, 0.5) is 10.1 Å². The molecular formula is C20H18FNO7S2. The lowest BCUT2D eigenvalue weighted by Crippen LogP contribution is -2.35. The first-order valence-corrected chi connectivity index (χ1v) is 12.9. The van der Waals surface area contributed by atoms with Gasteiger partial charge in [-0.2, -0.15) is 3.71 Å². The minimum atomic E-state index is -4.20. The lowest BCUT2D eigenvalue weighted by molar-refractivity contribution is 0.0699. The number of benzene rings is 2. The van der Waals surface area contributed by atoms with Crippen molar-refractivity contribution >= 4 is 42.7 Å². The van der Waals surface area contributed by atoms with Gasteiger partial charge >= 0.3 is 5.97 Å². The molecule has 31 heavy (non-hydrogen) atoms. The average Bonchev–Trinajstić information content (AvgIpc) is 3.39. The topological polar surface area (TPSA) is 122 Å². The number of sulfonamides is 2. The van der Waals surface area contributed by atoms with Gasteiger partial charge in [-0.05, 0) is 54.7 Å². The molecule has 1 fully saturated rings. The standard InChI is InChI=1S/C20H18FNO7S2/c1-30(25,26)22(31(2,27)28)16-10-17-15(9-14(16)11-3-4-11)18(20(23)24)19(29-17)12-5-7-13(21)8-6-12/h5-11H,3-4H2,1-2H3,(H,23,24). The molecule has 4 rings (SSSR count). The number of halogens is 1. The number of hydrogen-bond donors (Lipinski definition) is 1. The second kappa shape index (κ2) is 7.06. The van der Waals surface area contributed by atoms with Crippen molar-refractivity contribution in [2.24, 2.45) is 0 Å². The van der Waals surface area contributed by atoms with Crippen LogP contribution in [0, 0.1) is 5.82 Å². The molecule has 0 saturated heterocycles. The summed E-state index contributed by atoms with van der Waals surface area (Å²) >= 11 is 0. The minimum absolute atomic E-state index is 0.00780. The third-order valence-electron chi connectivity index (χ3n) is 4.97. The Morgan fingerprint density at radius 1 is 1.06 bits per heavy atom. The van der Waals surface area contributed by atoms with Crippen molar-refractivity contribution in [3.05, 3.63) is 53.3 Å². The molecule has 1 N–H and O–H groups in total. The monoisotopic (exact) mass is 467 g/mol. The Balaban J connectivity index is 2.06. The molecule has 0 aliphatic heterocycles. The van der Waals surface area contributed by atoms with Gasteiger partial charge in [0.05, 0.1) is 18.2 Å². The van der Waals surface area contributed by atoms with Gasteiger partial charge in [-0.3, -0.25) is 0 Å². The molecule has 1 aliphatic carbocycles. The number of fused-ring (bicyclic) bond motifs is 1. The molecule has 0 atom stereocenters. The van der Waals surface area contributed by atoms with Crippen molar-refractivity contribution < 1.29 is 35.5 Å². The fourth-order valence-electron chi connectivity index (χ4n) is 3.65. The second-order valence-corrected chi connectivity index (χ2v) is 11.4. The number of carboxylic acid groups (broad SMARTS) is 1. The van der Waals surface area contributed by atoms with Crippen molar-refractivity contribution in [1.29, 1.82) is 0 Å². The summed E-state index contributed by atoms with van der Waals surface area (Å²) in [7, 11) is -8.41. The molecular weight excluding hydrogens is 449 g/mol. The lowest BCUT2D eigenvalue weighted by Gasteiger charge is -2.22. The summed E-state index contributed by atoms with van der Waals surface area (Å²) in [5, 5.41) is 10.0. The normalized spacial score (nSPS) is 14.7. The Labute approximate surface area is 178 Å². The Hall–Kier alpha value is -2.92. The number of rotatable bonds is 6. The first kappa shape index (κ1) is 21.3. The Morgan fingerprint density at radius 2 is 1.65 bits per heavy atom. The predicted molar refractivity (Wildman–Crippen MR) is 113 cm³/mol. The molecule has 0 radical (unpaired) electrons. The molecule has 0 amide bonds. The van der Waals surface area contributed by atoms with Crippen LogP contribution in [0.15, 0.2) is 40.8 Å². The Morgan fingerprint density at radius 3 is 2.13 bits per heavy atom. The zero-order chi connectivity index (χ0) is 22.7. The van der Waals surface area contributed by atoms with Gasteiger partial charge in [-0.1, -0.05) is 0 Å². The fourth-order valence-corrected chi connectivity index (χ4v) is 6.65. The zero-order valence-corrected chi connectivity index (χ0v) is 18.1. The first-order valence-electron chi connectivity index (χ1n) is 9.18. The summed E-state index contributed by atoms with van der Waals surface area (Å²) < 4.78 is 68.7. The molecule has 0 bridgehead atoms. The second-order valence-electron chi connectivity index (χ2n) is 7.52. The Bertz CT molecular complexity index is 1390. The van der Waals surface area contributed by atoms with Crippen molar-refractivity contribution in [2.75, 3.05) is 16.2 Å². The maximum Gasteiger partial charge on any atom is 0.340 e. The van der Waals surface area contributed by atoms with Crippen molar-refractivity contribution in [2.45, 2.75) is 18.8 Å². The van der Waals surface area contributed by atoms with E-state index < -0.39 is 31.8 Å². The maximum absolute atomic E-state index is 13.3. The molecule has 164 valence electrons. The van der Waals surface area contributed by atoms with E-state index in [1.54, 1.807) is 0 Å². The van der Waals surface area contributed by atoms with Gasteiger partial charge in [0.25, 0.3) is 0 Å². The average molecular weight is 467 g/mol. The highest BCUT2D eigenvalue weighted by atomic mass is 32.3. The molecule has 11 heteroatoms. The summed E-state index contributed by atoms with van der Waals surface area (Å²) in [5.74, 6) is -1.93. The number of carbonyl (C=O) groups is 1. The summed E-state index contributed by atoms with van der Waals surface area (Å²) in [4.78, 5) is 12.0.